The van der Waals surface area contributed by atoms with Crippen molar-refractivity contribution in [1.82, 2.24) is 10.2 Å². The summed E-state index contributed by atoms with van der Waals surface area (Å²) in [7, 11) is 2.19. The Hall–Kier alpha value is -1.06. The average molecular weight is 204 g/mol. The Morgan fingerprint density at radius 1 is 1.40 bits per heavy atom. The lowest BCUT2D eigenvalue weighted by Crippen LogP contribution is -2.58. The van der Waals surface area contributed by atoms with E-state index in [-0.39, 0.29) is 5.54 Å². The normalized spacial score (nSPS) is 30.2. The summed E-state index contributed by atoms with van der Waals surface area (Å²) in [6.45, 7) is 3.91. The van der Waals surface area contributed by atoms with Crippen LogP contribution in [-0.4, -0.2) is 38.2 Å². The minimum Gasteiger partial charge on any atom is -0.491 e. The molecule has 1 atom stereocenters. The van der Waals surface area contributed by atoms with Crippen molar-refractivity contribution >= 4 is 0 Å². The minimum absolute atomic E-state index is 0.0643. The summed E-state index contributed by atoms with van der Waals surface area (Å²) in [4.78, 5) is 2.41. The largest absolute Gasteiger partial charge is 0.491 e. The standard InChI is InChI=1S/C12H16N2O/c1-14-7-6-13-8-12(14)9-15-11-5-3-2-4-10(11)12/h2-5,13H,6-9H2,1H3. The molecule has 0 bridgehead atoms. The van der Waals surface area contributed by atoms with Crippen molar-refractivity contribution in [2.45, 2.75) is 5.54 Å². The quantitative estimate of drug-likeness (QED) is 0.677. The topological polar surface area (TPSA) is 24.5 Å². The Morgan fingerprint density at radius 2 is 2.27 bits per heavy atom. The lowest BCUT2D eigenvalue weighted by atomic mass is 9.89. The van der Waals surface area contributed by atoms with Crippen molar-refractivity contribution in [2.24, 2.45) is 0 Å². The lowest BCUT2D eigenvalue weighted by molar-refractivity contribution is 0.0625. The van der Waals surface area contributed by atoms with E-state index >= 15 is 0 Å². The molecule has 1 aromatic carbocycles. The van der Waals surface area contributed by atoms with Crippen molar-refractivity contribution in [3.63, 3.8) is 0 Å². The molecule has 1 unspecified atom stereocenters. The predicted molar refractivity (Wildman–Crippen MR) is 59.1 cm³/mol. The monoisotopic (exact) mass is 204 g/mol. The van der Waals surface area contributed by atoms with Gasteiger partial charge in [0.05, 0.1) is 5.54 Å². The number of fused-ring (bicyclic) bond motifs is 2. The lowest BCUT2D eigenvalue weighted by Gasteiger charge is -2.41. The summed E-state index contributed by atoms with van der Waals surface area (Å²) >= 11 is 0. The Kier molecular flexibility index (Phi) is 1.97. The maximum absolute atomic E-state index is 5.78. The van der Waals surface area contributed by atoms with Crippen LogP contribution >= 0.6 is 0 Å². The first-order valence-electron chi connectivity index (χ1n) is 5.47. The third-order valence-corrected chi connectivity index (χ3v) is 3.63. The van der Waals surface area contributed by atoms with Crippen LogP contribution in [0, 0.1) is 0 Å². The molecule has 3 rings (SSSR count). The zero-order valence-electron chi connectivity index (χ0n) is 8.99. The third-order valence-electron chi connectivity index (χ3n) is 3.63. The van der Waals surface area contributed by atoms with Crippen molar-refractivity contribution < 1.29 is 4.74 Å². The molecule has 1 N–H and O–H groups in total. The van der Waals surface area contributed by atoms with Crippen LogP contribution in [0.3, 0.4) is 0 Å². The fourth-order valence-electron chi connectivity index (χ4n) is 2.60. The van der Waals surface area contributed by atoms with Crippen molar-refractivity contribution in [3.05, 3.63) is 29.8 Å². The summed E-state index contributed by atoms with van der Waals surface area (Å²) in [5.41, 5.74) is 1.40. The van der Waals surface area contributed by atoms with Crippen LogP contribution < -0.4 is 10.1 Å². The van der Waals surface area contributed by atoms with Gasteiger partial charge in [0.15, 0.2) is 0 Å². The highest BCUT2D eigenvalue weighted by Crippen LogP contribution is 2.40. The van der Waals surface area contributed by atoms with Crippen LogP contribution in [0.4, 0.5) is 0 Å². The number of para-hydroxylation sites is 1. The minimum atomic E-state index is 0.0643. The molecule has 1 aromatic rings. The first-order valence-corrected chi connectivity index (χ1v) is 5.47. The van der Waals surface area contributed by atoms with Gasteiger partial charge in [-0.2, -0.15) is 0 Å². The predicted octanol–water partition coefficient (Wildman–Crippen LogP) is 0.809. The molecule has 0 amide bonds. The number of hydrogen-bond donors (Lipinski definition) is 1. The van der Waals surface area contributed by atoms with Crippen molar-refractivity contribution in [2.75, 3.05) is 33.3 Å². The maximum Gasteiger partial charge on any atom is 0.124 e. The number of likely N-dealkylation sites (N-methyl/N-ethyl adjacent to an activating group) is 1. The maximum atomic E-state index is 5.78. The molecule has 3 nitrogen and oxygen atoms in total. The Bertz CT molecular complexity index is 376. The van der Waals surface area contributed by atoms with Gasteiger partial charge in [-0.1, -0.05) is 18.2 Å². The van der Waals surface area contributed by atoms with Gasteiger partial charge in [0, 0.05) is 25.2 Å². The number of piperazine rings is 1. The van der Waals surface area contributed by atoms with E-state index in [2.05, 4.69) is 35.5 Å². The molecule has 1 fully saturated rings. The molecule has 0 aliphatic carbocycles. The van der Waals surface area contributed by atoms with Crippen molar-refractivity contribution in [1.29, 1.82) is 0 Å². The Morgan fingerprint density at radius 3 is 3.13 bits per heavy atom. The molecule has 0 saturated carbocycles. The summed E-state index contributed by atoms with van der Waals surface area (Å²) in [5.74, 6) is 1.05. The van der Waals surface area contributed by atoms with Crippen molar-refractivity contribution in [3.8, 4) is 5.75 Å². The molecule has 0 aromatic heterocycles. The second kappa shape index (κ2) is 3.22. The SMILES string of the molecule is CN1CCNCC12COc1ccccc12. The first kappa shape index (κ1) is 9.19. The zero-order valence-corrected chi connectivity index (χ0v) is 8.99. The van der Waals surface area contributed by atoms with Gasteiger partial charge in [0.25, 0.3) is 0 Å². The molecule has 2 aliphatic heterocycles. The molecule has 2 aliphatic rings. The fraction of sp³-hybridized carbons (Fsp3) is 0.500. The van der Waals surface area contributed by atoms with Gasteiger partial charge in [0.2, 0.25) is 0 Å². The summed E-state index contributed by atoms with van der Waals surface area (Å²) in [5, 5.41) is 3.47. The van der Waals surface area contributed by atoms with E-state index < -0.39 is 0 Å². The smallest absolute Gasteiger partial charge is 0.124 e. The van der Waals surface area contributed by atoms with Gasteiger partial charge < -0.3 is 10.1 Å². The van der Waals surface area contributed by atoms with Crippen LogP contribution in [0.1, 0.15) is 5.56 Å². The highest BCUT2D eigenvalue weighted by atomic mass is 16.5. The first-order chi connectivity index (χ1) is 7.33. The summed E-state index contributed by atoms with van der Waals surface area (Å²) in [6, 6.07) is 8.38. The molecular formula is C12H16N2O. The highest BCUT2D eigenvalue weighted by molar-refractivity contribution is 5.43. The fourth-order valence-corrected chi connectivity index (χ4v) is 2.60. The summed E-state index contributed by atoms with van der Waals surface area (Å²) in [6.07, 6.45) is 0. The highest BCUT2D eigenvalue weighted by Gasteiger charge is 2.45. The van der Waals surface area contributed by atoms with Gasteiger partial charge in [-0.05, 0) is 13.1 Å². The van der Waals surface area contributed by atoms with Crippen LogP contribution in [0.5, 0.6) is 5.75 Å². The molecule has 80 valence electrons. The van der Waals surface area contributed by atoms with Crippen LogP contribution in [-0.2, 0) is 5.54 Å². The van der Waals surface area contributed by atoms with Crippen LogP contribution in [0.15, 0.2) is 24.3 Å². The van der Waals surface area contributed by atoms with E-state index in [1.807, 2.05) is 6.07 Å². The second-order valence-corrected chi connectivity index (χ2v) is 4.41. The number of ether oxygens (including phenoxy) is 1. The van der Waals surface area contributed by atoms with Crippen LogP contribution in [0.25, 0.3) is 0 Å². The van der Waals surface area contributed by atoms with E-state index in [0.29, 0.717) is 0 Å². The average Bonchev–Trinajstić information content (AvgIpc) is 2.64. The number of nitrogens with zero attached hydrogens (tertiary/aromatic N) is 1. The van der Waals surface area contributed by atoms with E-state index in [4.69, 9.17) is 4.74 Å². The van der Waals surface area contributed by atoms with Gasteiger partial charge in [-0.25, -0.2) is 0 Å². The third kappa shape index (κ3) is 1.20. The number of hydrogen-bond acceptors (Lipinski definition) is 3. The zero-order chi connectivity index (χ0) is 10.3. The number of rotatable bonds is 0. The molecule has 1 spiro atoms. The van der Waals surface area contributed by atoms with Gasteiger partial charge >= 0.3 is 0 Å². The molecular weight excluding hydrogens is 188 g/mol. The molecule has 15 heavy (non-hydrogen) atoms. The number of benzene rings is 1. The summed E-state index contributed by atoms with van der Waals surface area (Å²) < 4.78 is 5.78. The van der Waals surface area contributed by atoms with E-state index in [9.17, 15) is 0 Å². The molecule has 0 radical (unpaired) electrons. The second-order valence-electron chi connectivity index (χ2n) is 4.41. The molecule has 2 heterocycles. The Labute approximate surface area is 90.0 Å². The number of nitrogens with one attached hydrogen (secondary N) is 1. The van der Waals surface area contributed by atoms with E-state index in [1.165, 1.54) is 5.56 Å². The Balaban J connectivity index is 2.07. The van der Waals surface area contributed by atoms with E-state index in [1.54, 1.807) is 0 Å². The van der Waals surface area contributed by atoms with Gasteiger partial charge in [-0.15, -0.1) is 0 Å². The van der Waals surface area contributed by atoms with Gasteiger partial charge in [-0.3, -0.25) is 4.90 Å². The van der Waals surface area contributed by atoms with E-state index in [0.717, 1.165) is 32.0 Å². The molecule has 1 saturated heterocycles. The molecule has 3 heteroatoms. The van der Waals surface area contributed by atoms with Gasteiger partial charge in [0.1, 0.15) is 12.4 Å². The van der Waals surface area contributed by atoms with Crippen LogP contribution in [0.2, 0.25) is 0 Å².